The highest BCUT2D eigenvalue weighted by molar-refractivity contribution is 7.88. The molecule has 2 rings (SSSR count). The van der Waals surface area contributed by atoms with Crippen LogP contribution in [-0.4, -0.2) is 15.5 Å². The minimum Gasteiger partial charge on any atom is -0.497 e. The van der Waals surface area contributed by atoms with Gasteiger partial charge in [-0.25, -0.2) is 17.5 Å². The van der Waals surface area contributed by atoms with Crippen molar-refractivity contribution in [1.29, 1.82) is 0 Å². The van der Waals surface area contributed by atoms with E-state index >= 15 is 0 Å². The topological polar surface area (TPSA) is 55.4 Å². The molecule has 0 fully saturated rings. The molecule has 0 aromatic heterocycles. The molecule has 0 saturated heterocycles. The fourth-order valence-corrected chi connectivity index (χ4v) is 4.41. The van der Waals surface area contributed by atoms with Gasteiger partial charge in [0.1, 0.15) is 11.6 Å². The van der Waals surface area contributed by atoms with Gasteiger partial charge in [-0.05, 0) is 42.2 Å². The van der Waals surface area contributed by atoms with Crippen LogP contribution >= 0.6 is 11.6 Å². The Bertz CT molecular complexity index is 818. The molecular weight excluding hydrogens is 377 g/mol. The third-order valence-electron chi connectivity index (χ3n) is 3.94. The second-order valence-electron chi connectivity index (χ2n) is 6.53. The first-order chi connectivity index (χ1) is 12.2. The van der Waals surface area contributed by atoms with Crippen molar-refractivity contribution in [2.24, 2.45) is 5.92 Å². The fourth-order valence-electron chi connectivity index (χ4n) is 2.68. The Labute approximate surface area is 159 Å². The van der Waals surface area contributed by atoms with Gasteiger partial charge >= 0.3 is 0 Å². The van der Waals surface area contributed by atoms with E-state index in [0.29, 0.717) is 12.2 Å². The standard InChI is InChI=1S/C19H23ClFNO3S/c1-13(2)11-19(14-7-9-15(25-3)10-8-14)22-26(23,24)12-16-17(20)5-4-6-18(16)21/h4-10,13,19,22H,11-12H2,1-3H3/t19-/m1/s1. The summed E-state index contributed by atoms with van der Waals surface area (Å²) in [4.78, 5) is 0. The van der Waals surface area contributed by atoms with Gasteiger partial charge in [0, 0.05) is 16.6 Å². The van der Waals surface area contributed by atoms with Gasteiger partial charge in [-0.2, -0.15) is 0 Å². The van der Waals surface area contributed by atoms with Crippen LogP contribution in [0.15, 0.2) is 42.5 Å². The van der Waals surface area contributed by atoms with E-state index in [1.54, 1.807) is 19.2 Å². The minimum atomic E-state index is -3.79. The Morgan fingerprint density at radius 1 is 1.15 bits per heavy atom. The van der Waals surface area contributed by atoms with Gasteiger partial charge in [0.15, 0.2) is 0 Å². The van der Waals surface area contributed by atoms with Crippen LogP contribution in [0.4, 0.5) is 4.39 Å². The van der Waals surface area contributed by atoms with Crippen molar-refractivity contribution in [3.05, 3.63) is 64.4 Å². The van der Waals surface area contributed by atoms with Crippen LogP contribution in [0, 0.1) is 11.7 Å². The molecule has 0 spiro atoms. The molecule has 0 heterocycles. The van der Waals surface area contributed by atoms with Crippen LogP contribution in [0.2, 0.25) is 5.02 Å². The summed E-state index contributed by atoms with van der Waals surface area (Å²) >= 11 is 5.96. The van der Waals surface area contributed by atoms with E-state index in [1.807, 2.05) is 26.0 Å². The highest BCUT2D eigenvalue weighted by atomic mass is 35.5. The SMILES string of the molecule is COc1ccc([C@@H](CC(C)C)NS(=O)(=O)Cc2c(F)cccc2Cl)cc1. The van der Waals surface area contributed by atoms with Crippen LogP contribution in [0.3, 0.4) is 0 Å². The van der Waals surface area contributed by atoms with Crippen LogP contribution in [0.5, 0.6) is 5.75 Å². The number of hydrogen-bond acceptors (Lipinski definition) is 3. The number of nitrogens with one attached hydrogen (secondary N) is 1. The minimum absolute atomic E-state index is 0.0281. The molecule has 0 saturated carbocycles. The van der Waals surface area contributed by atoms with Gasteiger partial charge < -0.3 is 4.74 Å². The molecule has 0 amide bonds. The van der Waals surface area contributed by atoms with E-state index in [4.69, 9.17) is 16.3 Å². The third kappa shape index (κ3) is 5.69. The lowest BCUT2D eigenvalue weighted by Crippen LogP contribution is -2.31. The van der Waals surface area contributed by atoms with Crippen molar-refractivity contribution in [3.63, 3.8) is 0 Å². The van der Waals surface area contributed by atoms with Crippen molar-refractivity contribution in [2.75, 3.05) is 7.11 Å². The molecule has 26 heavy (non-hydrogen) atoms. The number of benzene rings is 2. The molecular formula is C19H23ClFNO3S. The molecule has 4 nitrogen and oxygen atoms in total. The van der Waals surface area contributed by atoms with Crippen LogP contribution in [-0.2, 0) is 15.8 Å². The van der Waals surface area contributed by atoms with Crippen molar-refractivity contribution in [2.45, 2.75) is 32.1 Å². The lowest BCUT2D eigenvalue weighted by atomic mass is 9.98. The Kier molecular flexibility index (Phi) is 7.03. The van der Waals surface area contributed by atoms with Gasteiger partial charge in [0.2, 0.25) is 10.0 Å². The summed E-state index contributed by atoms with van der Waals surface area (Å²) in [5.74, 6) is -0.184. The van der Waals surface area contributed by atoms with Crippen molar-refractivity contribution in [1.82, 2.24) is 4.72 Å². The average molecular weight is 400 g/mol. The maximum atomic E-state index is 13.9. The molecule has 0 aliphatic rings. The van der Waals surface area contributed by atoms with Gasteiger partial charge in [0.05, 0.1) is 12.9 Å². The number of hydrogen-bond donors (Lipinski definition) is 1. The molecule has 1 N–H and O–H groups in total. The third-order valence-corrected chi connectivity index (χ3v) is 5.61. The predicted molar refractivity (Wildman–Crippen MR) is 102 cm³/mol. The van der Waals surface area contributed by atoms with Crippen molar-refractivity contribution in [3.8, 4) is 5.75 Å². The molecule has 0 aliphatic heterocycles. The Morgan fingerprint density at radius 3 is 2.35 bits per heavy atom. The van der Waals surface area contributed by atoms with Crippen molar-refractivity contribution < 1.29 is 17.5 Å². The van der Waals surface area contributed by atoms with Crippen molar-refractivity contribution >= 4 is 21.6 Å². The molecule has 142 valence electrons. The lowest BCUT2D eigenvalue weighted by molar-refractivity contribution is 0.414. The molecule has 0 bridgehead atoms. The fraction of sp³-hybridized carbons (Fsp3) is 0.368. The number of methoxy groups -OCH3 is 1. The lowest BCUT2D eigenvalue weighted by Gasteiger charge is -2.21. The number of halogens is 2. The van der Waals surface area contributed by atoms with E-state index in [-0.39, 0.29) is 16.5 Å². The molecule has 2 aromatic rings. The van der Waals surface area contributed by atoms with E-state index in [1.165, 1.54) is 18.2 Å². The largest absolute Gasteiger partial charge is 0.497 e. The average Bonchev–Trinajstić information content (AvgIpc) is 2.57. The predicted octanol–water partition coefficient (Wildman–Crippen LogP) is 4.69. The summed E-state index contributed by atoms with van der Waals surface area (Å²) < 4.78 is 47.0. The van der Waals surface area contributed by atoms with Gasteiger partial charge in [-0.15, -0.1) is 0 Å². The molecule has 0 aliphatic carbocycles. The molecule has 7 heteroatoms. The van der Waals surface area contributed by atoms with E-state index in [9.17, 15) is 12.8 Å². The summed E-state index contributed by atoms with van der Waals surface area (Å²) in [6.07, 6.45) is 0.608. The summed E-state index contributed by atoms with van der Waals surface area (Å²) in [7, 11) is -2.22. The quantitative estimate of drug-likeness (QED) is 0.700. The number of rotatable bonds is 8. The summed E-state index contributed by atoms with van der Waals surface area (Å²) in [5, 5.41) is 0.0974. The zero-order valence-electron chi connectivity index (χ0n) is 15.0. The zero-order valence-corrected chi connectivity index (χ0v) is 16.6. The first-order valence-corrected chi connectivity index (χ1v) is 10.3. The van der Waals surface area contributed by atoms with E-state index < -0.39 is 27.6 Å². The highest BCUT2D eigenvalue weighted by Crippen LogP contribution is 2.26. The Morgan fingerprint density at radius 2 is 1.81 bits per heavy atom. The van der Waals surface area contributed by atoms with Crippen LogP contribution in [0.25, 0.3) is 0 Å². The first-order valence-electron chi connectivity index (χ1n) is 8.28. The highest BCUT2D eigenvalue weighted by Gasteiger charge is 2.23. The normalized spacial score (nSPS) is 13.0. The van der Waals surface area contributed by atoms with E-state index in [0.717, 1.165) is 5.56 Å². The van der Waals surface area contributed by atoms with Crippen LogP contribution < -0.4 is 9.46 Å². The molecule has 1 atom stereocenters. The van der Waals surface area contributed by atoms with Gasteiger partial charge in [0.25, 0.3) is 0 Å². The second kappa shape index (κ2) is 8.84. The zero-order chi connectivity index (χ0) is 19.3. The van der Waals surface area contributed by atoms with Crippen LogP contribution in [0.1, 0.15) is 37.4 Å². The first kappa shape index (κ1) is 20.7. The summed E-state index contributed by atoms with van der Waals surface area (Å²) in [6, 6.07) is 10.9. The maximum Gasteiger partial charge on any atom is 0.216 e. The number of sulfonamides is 1. The Hall–Kier alpha value is -1.63. The van der Waals surface area contributed by atoms with Gasteiger partial charge in [-0.1, -0.05) is 43.6 Å². The second-order valence-corrected chi connectivity index (χ2v) is 8.69. The molecule has 2 aromatic carbocycles. The molecule has 0 radical (unpaired) electrons. The maximum absolute atomic E-state index is 13.9. The molecule has 0 unspecified atom stereocenters. The Balaban J connectivity index is 2.25. The summed E-state index contributed by atoms with van der Waals surface area (Å²) in [6.45, 7) is 4.02. The van der Waals surface area contributed by atoms with E-state index in [2.05, 4.69) is 4.72 Å². The monoisotopic (exact) mass is 399 g/mol. The number of ether oxygens (including phenoxy) is 1. The van der Waals surface area contributed by atoms with Gasteiger partial charge in [-0.3, -0.25) is 0 Å². The smallest absolute Gasteiger partial charge is 0.216 e. The summed E-state index contributed by atoms with van der Waals surface area (Å²) in [5.41, 5.74) is 0.794.